The van der Waals surface area contributed by atoms with Crippen LogP contribution < -0.4 is 4.80 Å². The quantitative estimate of drug-likeness (QED) is 0.543. The highest BCUT2D eigenvalue weighted by atomic mass is 35.5. The molecule has 0 aliphatic heterocycles. The lowest BCUT2D eigenvalue weighted by Gasteiger charge is -2.16. The van der Waals surface area contributed by atoms with Crippen LogP contribution in [0.2, 0.25) is 0 Å². The predicted octanol–water partition coefficient (Wildman–Crippen LogP) is 3.82. The molecule has 1 heterocycles. The molecule has 0 spiro atoms. The molecule has 0 bridgehead atoms. The van der Waals surface area contributed by atoms with Gasteiger partial charge in [-0.25, -0.2) is 4.68 Å². The van der Waals surface area contributed by atoms with E-state index >= 15 is 0 Å². The summed E-state index contributed by atoms with van der Waals surface area (Å²) >= 11 is 1.61. The maximum atomic E-state index is 9.93. The first kappa shape index (κ1) is 20.3. The van der Waals surface area contributed by atoms with E-state index < -0.39 is 5.75 Å². The lowest BCUT2D eigenvalue weighted by atomic mass is 9.96. The molecule has 0 radical (unpaired) electrons. The van der Waals surface area contributed by atoms with E-state index in [1.807, 2.05) is 13.8 Å². The Kier molecular flexibility index (Phi) is 6.72. The summed E-state index contributed by atoms with van der Waals surface area (Å²) in [6.07, 6.45) is 7.44. The monoisotopic (exact) mass is 397 g/mol. The van der Waals surface area contributed by atoms with E-state index in [1.54, 1.807) is 16.0 Å². The van der Waals surface area contributed by atoms with Crippen LogP contribution in [0.4, 0.5) is 0 Å². The second-order valence-electron chi connectivity index (χ2n) is 6.37. The van der Waals surface area contributed by atoms with Crippen molar-refractivity contribution in [3.63, 3.8) is 0 Å². The van der Waals surface area contributed by atoms with Crippen LogP contribution in [0.1, 0.15) is 48.2 Å². The molecule has 0 atom stereocenters. The third-order valence-electron chi connectivity index (χ3n) is 4.59. The van der Waals surface area contributed by atoms with Crippen LogP contribution in [0.15, 0.2) is 22.2 Å². The summed E-state index contributed by atoms with van der Waals surface area (Å²) in [7, 11) is 0. The van der Waals surface area contributed by atoms with Crippen LogP contribution >= 0.6 is 23.7 Å². The van der Waals surface area contributed by atoms with Gasteiger partial charge in [-0.1, -0.05) is 19.3 Å². The SMILES string of the molecule is Cc1sc(=NC2CCCCC2)n(/N=C/c2ccc(O)c(O)c2O)c1C.Cl. The third-order valence-corrected chi connectivity index (χ3v) is 5.66. The summed E-state index contributed by atoms with van der Waals surface area (Å²) < 4.78 is 1.78. The Morgan fingerprint density at radius 1 is 1.08 bits per heavy atom. The number of rotatable bonds is 3. The summed E-state index contributed by atoms with van der Waals surface area (Å²) in [6.45, 7) is 4.02. The lowest BCUT2D eigenvalue weighted by Crippen LogP contribution is -2.19. The molecule has 2 aromatic rings. The van der Waals surface area contributed by atoms with Crippen molar-refractivity contribution < 1.29 is 15.3 Å². The van der Waals surface area contributed by atoms with Crippen LogP contribution in [0.3, 0.4) is 0 Å². The number of hydrogen-bond donors (Lipinski definition) is 3. The Bertz CT molecular complexity index is 867. The molecule has 0 unspecified atom stereocenters. The molecule has 1 saturated carbocycles. The number of nitrogens with zero attached hydrogens (tertiary/aromatic N) is 3. The molecule has 1 fully saturated rings. The fourth-order valence-electron chi connectivity index (χ4n) is 2.94. The fourth-order valence-corrected chi connectivity index (χ4v) is 3.92. The maximum absolute atomic E-state index is 9.93. The summed E-state index contributed by atoms with van der Waals surface area (Å²) in [5.74, 6) is -1.29. The lowest BCUT2D eigenvalue weighted by molar-refractivity contribution is 0.367. The van der Waals surface area contributed by atoms with Crippen molar-refractivity contribution in [2.75, 3.05) is 0 Å². The number of thiazole rings is 1. The molecule has 8 heteroatoms. The van der Waals surface area contributed by atoms with Gasteiger partial charge in [-0.05, 0) is 38.8 Å². The zero-order valence-corrected chi connectivity index (χ0v) is 16.5. The van der Waals surface area contributed by atoms with Gasteiger partial charge >= 0.3 is 0 Å². The number of phenolic OH excluding ortho intramolecular Hbond substituents is 3. The third kappa shape index (κ3) is 4.22. The molecular weight excluding hydrogens is 374 g/mol. The Morgan fingerprint density at radius 2 is 1.77 bits per heavy atom. The van der Waals surface area contributed by atoms with Gasteiger partial charge in [0.1, 0.15) is 0 Å². The van der Waals surface area contributed by atoms with E-state index in [1.165, 1.54) is 37.6 Å². The Balaban J connectivity index is 0.00000243. The molecule has 1 aliphatic carbocycles. The van der Waals surface area contributed by atoms with Gasteiger partial charge in [0.2, 0.25) is 10.6 Å². The number of aryl methyl sites for hydroxylation is 1. The summed E-state index contributed by atoms with van der Waals surface area (Å²) in [5, 5.41) is 33.4. The smallest absolute Gasteiger partial charge is 0.206 e. The van der Waals surface area contributed by atoms with Crippen LogP contribution in [-0.4, -0.2) is 32.3 Å². The number of aromatic nitrogens is 1. The van der Waals surface area contributed by atoms with Crippen molar-refractivity contribution in [3.05, 3.63) is 33.1 Å². The van der Waals surface area contributed by atoms with Gasteiger partial charge in [0.15, 0.2) is 11.5 Å². The Morgan fingerprint density at radius 3 is 2.46 bits per heavy atom. The van der Waals surface area contributed by atoms with Crippen molar-refractivity contribution in [2.24, 2.45) is 10.1 Å². The molecule has 26 heavy (non-hydrogen) atoms. The van der Waals surface area contributed by atoms with E-state index in [0.717, 1.165) is 28.2 Å². The zero-order valence-electron chi connectivity index (χ0n) is 14.8. The van der Waals surface area contributed by atoms with E-state index in [-0.39, 0.29) is 23.9 Å². The minimum absolute atomic E-state index is 0. The normalized spacial score (nSPS) is 16.2. The molecule has 1 aliphatic rings. The van der Waals surface area contributed by atoms with E-state index in [2.05, 4.69) is 5.10 Å². The average Bonchev–Trinajstić information content (AvgIpc) is 2.87. The minimum Gasteiger partial charge on any atom is -0.504 e. The molecule has 3 N–H and O–H groups in total. The number of aromatic hydroxyl groups is 3. The summed E-state index contributed by atoms with van der Waals surface area (Å²) in [6, 6.07) is 3.17. The minimum atomic E-state index is -0.542. The van der Waals surface area contributed by atoms with Crippen molar-refractivity contribution in [2.45, 2.75) is 52.0 Å². The highest BCUT2D eigenvalue weighted by Crippen LogP contribution is 2.36. The largest absolute Gasteiger partial charge is 0.504 e. The van der Waals surface area contributed by atoms with Crippen molar-refractivity contribution in [1.82, 2.24) is 4.68 Å². The molecule has 1 aromatic carbocycles. The van der Waals surface area contributed by atoms with Crippen LogP contribution in [0, 0.1) is 13.8 Å². The highest BCUT2D eigenvalue weighted by molar-refractivity contribution is 7.09. The molecule has 6 nitrogen and oxygen atoms in total. The second-order valence-corrected chi connectivity index (χ2v) is 7.56. The second kappa shape index (κ2) is 8.60. The standard InChI is InChI=1S/C18H23N3O3S.ClH/c1-11-12(2)25-18(20-14-6-4-3-5-7-14)21(11)19-10-13-8-9-15(22)17(24)16(13)23;/h8-10,14,22-24H,3-7H2,1-2H3;1H/b19-10+,20-18?;. The van der Waals surface area contributed by atoms with Gasteiger partial charge in [-0.3, -0.25) is 4.99 Å². The Hall–Kier alpha value is -1.99. The van der Waals surface area contributed by atoms with Crippen molar-refractivity contribution >= 4 is 30.0 Å². The first-order chi connectivity index (χ1) is 12.0. The van der Waals surface area contributed by atoms with Gasteiger partial charge in [0.05, 0.1) is 18.0 Å². The Labute approximate surface area is 162 Å². The molecule has 1 aromatic heterocycles. The van der Waals surface area contributed by atoms with E-state index in [4.69, 9.17) is 4.99 Å². The van der Waals surface area contributed by atoms with Gasteiger partial charge in [0, 0.05) is 10.4 Å². The molecule has 0 amide bonds. The fraction of sp³-hybridized carbons (Fsp3) is 0.444. The zero-order chi connectivity index (χ0) is 18.0. The van der Waals surface area contributed by atoms with Crippen molar-refractivity contribution in [3.8, 4) is 17.2 Å². The topological polar surface area (TPSA) is 90.3 Å². The maximum Gasteiger partial charge on any atom is 0.206 e. The summed E-state index contributed by atoms with van der Waals surface area (Å²) in [4.78, 5) is 6.87. The van der Waals surface area contributed by atoms with Crippen LogP contribution in [0.25, 0.3) is 0 Å². The first-order valence-electron chi connectivity index (χ1n) is 8.48. The first-order valence-corrected chi connectivity index (χ1v) is 9.30. The van der Waals surface area contributed by atoms with E-state index in [9.17, 15) is 15.3 Å². The van der Waals surface area contributed by atoms with Crippen molar-refractivity contribution in [1.29, 1.82) is 0 Å². The van der Waals surface area contributed by atoms with Gasteiger partial charge in [-0.15, -0.1) is 23.7 Å². The molecular formula is C18H24ClN3O3S. The molecule has 0 saturated heterocycles. The van der Waals surface area contributed by atoms with E-state index in [0.29, 0.717) is 11.6 Å². The van der Waals surface area contributed by atoms with Crippen LogP contribution in [-0.2, 0) is 0 Å². The number of phenols is 3. The number of benzene rings is 1. The molecule has 3 rings (SSSR count). The summed E-state index contributed by atoms with van der Waals surface area (Å²) in [5.41, 5.74) is 1.33. The van der Waals surface area contributed by atoms with Gasteiger partial charge in [0.25, 0.3) is 0 Å². The number of halogens is 1. The highest BCUT2D eigenvalue weighted by Gasteiger charge is 2.14. The van der Waals surface area contributed by atoms with Crippen LogP contribution in [0.5, 0.6) is 17.2 Å². The van der Waals surface area contributed by atoms with Gasteiger partial charge < -0.3 is 15.3 Å². The number of hydrogen-bond acceptors (Lipinski definition) is 6. The van der Waals surface area contributed by atoms with Gasteiger partial charge in [-0.2, -0.15) is 5.10 Å². The predicted molar refractivity (Wildman–Crippen MR) is 106 cm³/mol. The average molecular weight is 398 g/mol. The molecule has 142 valence electrons.